The Bertz CT molecular complexity index is 673. The molecule has 0 aliphatic carbocycles. The van der Waals surface area contributed by atoms with E-state index in [0.29, 0.717) is 17.8 Å². The number of pyridine rings is 1. The minimum atomic E-state index is -0.189. The Morgan fingerprint density at radius 3 is 2.80 bits per heavy atom. The maximum absolute atomic E-state index is 12.3. The Kier molecular flexibility index (Phi) is 4.11. The van der Waals surface area contributed by atoms with Gasteiger partial charge in [0.05, 0.1) is 11.6 Å². The van der Waals surface area contributed by atoms with Crippen LogP contribution in [0.3, 0.4) is 0 Å². The Hall–Kier alpha value is -2.67. The van der Waals surface area contributed by atoms with E-state index in [-0.39, 0.29) is 5.91 Å². The molecule has 1 aromatic heterocycles. The van der Waals surface area contributed by atoms with Crippen LogP contribution in [0.5, 0.6) is 0 Å². The molecular weight excluding hydrogens is 250 g/mol. The zero-order chi connectivity index (χ0) is 14.5. The number of benzene rings is 1. The predicted octanol–water partition coefficient (Wildman–Crippen LogP) is 2.53. The van der Waals surface area contributed by atoms with Crippen LogP contribution >= 0.6 is 0 Å². The predicted molar refractivity (Wildman–Crippen MR) is 75.9 cm³/mol. The average Bonchev–Trinajstić information content (AvgIpc) is 2.48. The lowest BCUT2D eigenvalue weighted by Gasteiger charge is -2.18. The van der Waals surface area contributed by atoms with Gasteiger partial charge in [0.25, 0.3) is 5.91 Å². The number of amides is 1. The van der Waals surface area contributed by atoms with Crippen molar-refractivity contribution in [2.24, 2.45) is 0 Å². The fraction of sp³-hybridized carbons (Fsp3) is 0.188. The first-order chi connectivity index (χ1) is 9.61. The summed E-state index contributed by atoms with van der Waals surface area (Å²) in [5.41, 5.74) is 2.97. The first-order valence-corrected chi connectivity index (χ1v) is 6.28. The van der Waals surface area contributed by atoms with E-state index in [1.54, 1.807) is 18.0 Å². The lowest BCUT2D eigenvalue weighted by atomic mass is 10.1. The Morgan fingerprint density at radius 1 is 1.35 bits per heavy atom. The van der Waals surface area contributed by atoms with Gasteiger partial charge in [-0.05, 0) is 30.2 Å². The molecule has 0 saturated heterocycles. The third-order valence-electron chi connectivity index (χ3n) is 3.12. The fourth-order valence-corrected chi connectivity index (χ4v) is 1.93. The molecule has 0 spiro atoms. The summed E-state index contributed by atoms with van der Waals surface area (Å²) in [5, 5.41) is 8.85. The van der Waals surface area contributed by atoms with Crippen LogP contribution in [-0.4, -0.2) is 22.8 Å². The van der Waals surface area contributed by atoms with Gasteiger partial charge in [0.2, 0.25) is 0 Å². The van der Waals surface area contributed by atoms with Crippen LogP contribution in [0.25, 0.3) is 0 Å². The highest BCUT2D eigenvalue weighted by atomic mass is 16.2. The van der Waals surface area contributed by atoms with Gasteiger partial charge in [-0.1, -0.05) is 24.3 Å². The van der Waals surface area contributed by atoms with E-state index in [0.717, 1.165) is 11.1 Å². The van der Waals surface area contributed by atoms with E-state index in [4.69, 9.17) is 5.26 Å². The summed E-state index contributed by atoms with van der Waals surface area (Å²) in [6.07, 6.45) is 1.48. The number of nitriles is 1. The summed E-state index contributed by atoms with van der Waals surface area (Å²) in [4.78, 5) is 17.9. The van der Waals surface area contributed by atoms with E-state index in [9.17, 15) is 4.79 Å². The second-order valence-corrected chi connectivity index (χ2v) is 4.63. The highest BCUT2D eigenvalue weighted by molar-refractivity contribution is 5.92. The molecule has 1 aromatic carbocycles. The molecule has 0 aliphatic heterocycles. The van der Waals surface area contributed by atoms with Crippen molar-refractivity contribution in [3.8, 4) is 6.07 Å². The van der Waals surface area contributed by atoms with Gasteiger partial charge in [-0.2, -0.15) is 5.26 Å². The molecule has 0 saturated carbocycles. The van der Waals surface area contributed by atoms with Gasteiger partial charge in [-0.15, -0.1) is 0 Å². The van der Waals surface area contributed by atoms with E-state index in [1.807, 2.05) is 37.3 Å². The smallest absolute Gasteiger partial charge is 0.272 e. The van der Waals surface area contributed by atoms with Crippen LogP contribution in [0.15, 0.2) is 42.6 Å². The number of aryl methyl sites for hydroxylation is 1. The molecule has 4 heteroatoms. The Balaban J connectivity index is 2.17. The second-order valence-electron chi connectivity index (χ2n) is 4.63. The van der Waals surface area contributed by atoms with Crippen molar-refractivity contribution >= 4 is 5.91 Å². The summed E-state index contributed by atoms with van der Waals surface area (Å²) < 4.78 is 0. The molecular formula is C16H15N3O. The van der Waals surface area contributed by atoms with Crippen molar-refractivity contribution in [3.05, 3.63) is 65.0 Å². The minimum absolute atomic E-state index is 0.189. The molecule has 0 atom stereocenters. The number of carbonyl (C=O) groups is 1. The third-order valence-corrected chi connectivity index (χ3v) is 3.12. The molecule has 1 heterocycles. The standard InChI is InChI=1S/C16H15N3O/c1-12-5-3-4-6-14(12)11-19(2)16(20)15-9-13(10-17)7-8-18-15/h3-9H,11H2,1-2H3. The fourth-order valence-electron chi connectivity index (χ4n) is 1.93. The molecule has 0 N–H and O–H groups in total. The Labute approximate surface area is 118 Å². The molecule has 2 aromatic rings. The van der Waals surface area contributed by atoms with Crippen molar-refractivity contribution < 1.29 is 4.79 Å². The first-order valence-electron chi connectivity index (χ1n) is 6.28. The van der Waals surface area contributed by atoms with Gasteiger partial charge in [0.15, 0.2) is 0 Å². The van der Waals surface area contributed by atoms with Gasteiger partial charge in [-0.3, -0.25) is 9.78 Å². The zero-order valence-electron chi connectivity index (χ0n) is 11.5. The van der Waals surface area contributed by atoms with Crippen molar-refractivity contribution in [2.75, 3.05) is 7.05 Å². The zero-order valence-corrected chi connectivity index (χ0v) is 11.5. The van der Waals surface area contributed by atoms with E-state index in [1.165, 1.54) is 12.3 Å². The maximum atomic E-state index is 12.3. The van der Waals surface area contributed by atoms with E-state index < -0.39 is 0 Å². The van der Waals surface area contributed by atoms with Crippen LogP contribution in [0, 0.1) is 18.3 Å². The average molecular weight is 265 g/mol. The molecule has 4 nitrogen and oxygen atoms in total. The lowest BCUT2D eigenvalue weighted by Crippen LogP contribution is -2.27. The largest absolute Gasteiger partial charge is 0.336 e. The van der Waals surface area contributed by atoms with Crippen LogP contribution in [-0.2, 0) is 6.54 Å². The number of aromatic nitrogens is 1. The van der Waals surface area contributed by atoms with Gasteiger partial charge in [0, 0.05) is 19.8 Å². The summed E-state index contributed by atoms with van der Waals surface area (Å²) in [6.45, 7) is 2.53. The van der Waals surface area contributed by atoms with Crippen molar-refractivity contribution in [3.63, 3.8) is 0 Å². The summed E-state index contributed by atoms with van der Waals surface area (Å²) in [7, 11) is 1.73. The molecule has 2 rings (SSSR count). The molecule has 0 bridgehead atoms. The topological polar surface area (TPSA) is 57.0 Å². The van der Waals surface area contributed by atoms with Crippen LogP contribution in [0.2, 0.25) is 0 Å². The molecule has 100 valence electrons. The van der Waals surface area contributed by atoms with E-state index in [2.05, 4.69) is 4.98 Å². The molecule has 0 aliphatic rings. The lowest BCUT2D eigenvalue weighted by molar-refractivity contribution is 0.0779. The highest BCUT2D eigenvalue weighted by Gasteiger charge is 2.14. The molecule has 0 radical (unpaired) electrons. The third kappa shape index (κ3) is 3.01. The summed E-state index contributed by atoms with van der Waals surface area (Å²) in [5.74, 6) is -0.189. The Morgan fingerprint density at radius 2 is 2.10 bits per heavy atom. The molecule has 1 amide bonds. The quantitative estimate of drug-likeness (QED) is 0.857. The molecule has 0 fully saturated rings. The second kappa shape index (κ2) is 5.98. The van der Waals surface area contributed by atoms with Gasteiger partial charge in [0.1, 0.15) is 5.69 Å². The maximum Gasteiger partial charge on any atom is 0.272 e. The van der Waals surface area contributed by atoms with Crippen molar-refractivity contribution in [1.29, 1.82) is 5.26 Å². The molecule has 0 unspecified atom stereocenters. The van der Waals surface area contributed by atoms with Crippen molar-refractivity contribution in [1.82, 2.24) is 9.88 Å². The number of carbonyl (C=O) groups excluding carboxylic acids is 1. The minimum Gasteiger partial charge on any atom is -0.336 e. The SMILES string of the molecule is Cc1ccccc1CN(C)C(=O)c1cc(C#N)ccn1. The number of hydrogen-bond donors (Lipinski definition) is 0. The summed E-state index contributed by atoms with van der Waals surface area (Å²) in [6, 6.07) is 13.0. The number of rotatable bonds is 3. The van der Waals surface area contributed by atoms with Crippen molar-refractivity contribution in [2.45, 2.75) is 13.5 Å². The van der Waals surface area contributed by atoms with Gasteiger partial charge >= 0.3 is 0 Å². The van der Waals surface area contributed by atoms with E-state index >= 15 is 0 Å². The van der Waals surface area contributed by atoms with Gasteiger partial charge in [-0.25, -0.2) is 0 Å². The monoisotopic (exact) mass is 265 g/mol. The van der Waals surface area contributed by atoms with Gasteiger partial charge < -0.3 is 4.90 Å². The first kappa shape index (κ1) is 13.8. The van der Waals surface area contributed by atoms with Crippen LogP contribution in [0.1, 0.15) is 27.2 Å². The highest BCUT2D eigenvalue weighted by Crippen LogP contribution is 2.11. The van der Waals surface area contributed by atoms with Crippen LogP contribution in [0.4, 0.5) is 0 Å². The summed E-state index contributed by atoms with van der Waals surface area (Å²) >= 11 is 0. The molecule has 20 heavy (non-hydrogen) atoms. The van der Waals surface area contributed by atoms with Crippen LogP contribution < -0.4 is 0 Å². The number of nitrogens with zero attached hydrogens (tertiary/aromatic N) is 3. The number of hydrogen-bond acceptors (Lipinski definition) is 3. The normalized spacial score (nSPS) is 9.85.